The summed E-state index contributed by atoms with van der Waals surface area (Å²) in [5.41, 5.74) is 0.379. The van der Waals surface area contributed by atoms with Gasteiger partial charge in [-0.15, -0.1) is 0 Å². The SMILES string of the molecule is Oc1cc(CI)c(O)n1-c1ccc(F)cc1F. The maximum Gasteiger partial charge on any atom is 0.202 e. The van der Waals surface area contributed by atoms with E-state index >= 15 is 0 Å². The van der Waals surface area contributed by atoms with Crippen molar-refractivity contribution in [2.24, 2.45) is 0 Å². The third-order valence-electron chi connectivity index (χ3n) is 2.33. The van der Waals surface area contributed by atoms with Crippen LogP contribution >= 0.6 is 22.6 Å². The van der Waals surface area contributed by atoms with E-state index in [-0.39, 0.29) is 17.4 Å². The Morgan fingerprint density at radius 2 is 1.88 bits per heavy atom. The van der Waals surface area contributed by atoms with Gasteiger partial charge in [-0.25, -0.2) is 13.3 Å². The highest BCUT2D eigenvalue weighted by atomic mass is 127. The first-order chi connectivity index (χ1) is 8.04. The van der Waals surface area contributed by atoms with E-state index in [0.717, 1.165) is 16.7 Å². The number of halogens is 3. The zero-order valence-corrected chi connectivity index (χ0v) is 10.6. The van der Waals surface area contributed by atoms with Crippen molar-refractivity contribution in [1.29, 1.82) is 0 Å². The molecule has 2 rings (SSSR count). The van der Waals surface area contributed by atoms with Crippen LogP contribution in [0.25, 0.3) is 5.69 Å². The zero-order valence-electron chi connectivity index (χ0n) is 8.49. The minimum atomic E-state index is -0.855. The van der Waals surface area contributed by atoms with Crippen molar-refractivity contribution in [3.05, 3.63) is 41.5 Å². The fraction of sp³-hybridized carbons (Fsp3) is 0.0909. The number of aromatic nitrogens is 1. The molecule has 6 heteroatoms. The van der Waals surface area contributed by atoms with E-state index in [4.69, 9.17) is 0 Å². The average molecular weight is 351 g/mol. The maximum absolute atomic E-state index is 13.5. The number of hydrogen-bond donors (Lipinski definition) is 2. The van der Waals surface area contributed by atoms with Crippen molar-refractivity contribution >= 4 is 22.6 Å². The van der Waals surface area contributed by atoms with Gasteiger partial charge in [0.25, 0.3) is 0 Å². The summed E-state index contributed by atoms with van der Waals surface area (Å²) in [6.07, 6.45) is 0. The zero-order chi connectivity index (χ0) is 12.6. The lowest BCUT2D eigenvalue weighted by atomic mass is 10.3. The molecule has 0 atom stereocenters. The van der Waals surface area contributed by atoms with Crippen LogP contribution in [0.5, 0.6) is 11.8 Å². The summed E-state index contributed by atoms with van der Waals surface area (Å²) in [7, 11) is 0. The molecule has 17 heavy (non-hydrogen) atoms. The van der Waals surface area contributed by atoms with Gasteiger partial charge < -0.3 is 10.2 Å². The Balaban J connectivity index is 2.64. The summed E-state index contributed by atoms with van der Waals surface area (Å²) in [5.74, 6) is -2.11. The summed E-state index contributed by atoms with van der Waals surface area (Å²) in [6, 6.07) is 4.24. The van der Waals surface area contributed by atoms with Crippen molar-refractivity contribution in [1.82, 2.24) is 4.57 Å². The van der Waals surface area contributed by atoms with E-state index < -0.39 is 11.6 Å². The lowest BCUT2D eigenvalue weighted by Gasteiger charge is -2.08. The largest absolute Gasteiger partial charge is 0.494 e. The second-order valence-corrected chi connectivity index (χ2v) is 4.18. The first-order valence-electron chi connectivity index (χ1n) is 4.68. The molecule has 0 aliphatic carbocycles. The quantitative estimate of drug-likeness (QED) is 0.645. The van der Waals surface area contributed by atoms with Crippen LogP contribution in [-0.4, -0.2) is 14.8 Å². The second kappa shape index (κ2) is 4.52. The molecule has 0 aliphatic rings. The van der Waals surface area contributed by atoms with Crippen LogP contribution in [0.2, 0.25) is 0 Å². The summed E-state index contributed by atoms with van der Waals surface area (Å²) in [4.78, 5) is 0. The van der Waals surface area contributed by atoms with Crippen LogP contribution in [0.1, 0.15) is 5.56 Å². The van der Waals surface area contributed by atoms with E-state index in [9.17, 15) is 19.0 Å². The van der Waals surface area contributed by atoms with Crippen LogP contribution in [0.15, 0.2) is 24.3 Å². The van der Waals surface area contributed by atoms with Crippen molar-refractivity contribution in [3.8, 4) is 17.4 Å². The molecule has 2 N–H and O–H groups in total. The van der Waals surface area contributed by atoms with E-state index in [2.05, 4.69) is 0 Å². The Labute approximate surface area is 109 Å². The summed E-state index contributed by atoms with van der Waals surface area (Å²) in [6.45, 7) is 0. The molecule has 0 saturated carbocycles. The number of rotatable bonds is 2. The smallest absolute Gasteiger partial charge is 0.202 e. The Hall–Kier alpha value is -1.31. The molecular formula is C11H8F2INO2. The van der Waals surface area contributed by atoms with Crippen molar-refractivity contribution < 1.29 is 19.0 Å². The Bertz CT molecular complexity index is 569. The van der Waals surface area contributed by atoms with Gasteiger partial charge in [-0.05, 0) is 12.1 Å². The van der Waals surface area contributed by atoms with E-state index in [1.54, 1.807) is 0 Å². The van der Waals surface area contributed by atoms with Crippen LogP contribution in [-0.2, 0) is 4.43 Å². The molecule has 3 nitrogen and oxygen atoms in total. The molecule has 0 amide bonds. The van der Waals surface area contributed by atoms with Gasteiger partial charge in [0.1, 0.15) is 11.6 Å². The van der Waals surface area contributed by atoms with E-state index in [0.29, 0.717) is 16.1 Å². The standard InChI is InChI=1S/C11H8F2INO2/c12-7-1-2-9(8(13)4-7)15-10(16)3-6(5-14)11(15)17/h1-4,16-17H,5H2. The fourth-order valence-electron chi connectivity index (χ4n) is 1.54. The van der Waals surface area contributed by atoms with Gasteiger partial charge in [0.2, 0.25) is 5.88 Å². The highest BCUT2D eigenvalue weighted by Crippen LogP contribution is 2.33. The average Bonchev–Trinajstić information content (AvgIpc) is 2.55. The summed E-state index contributed by atoms with van der Waals surface area (Å²) < 4.78 is 27.7. The predicted octanol–water partition coefficient (Wildman–Crippen LogP) is 3.10. The number of hydrogen-bond acceptors (Lipinski definition) is 2. The molecule has 0 saturated heterocycles. The molecule has 2 aromatic rings. The van der Waals surface area contributed by atoms with Gasteiger partial charge in [0.15, 0.2) is 5.88 Å². The van der Waals surface area contributed by atoms with Gasteiger partial charge >= 0.3 is 0 Å². The van der Waals surface area contributed by atoms with Gasteiger partial charge in [-0.1, -0.05) is 22.6 Å². The minimum Gasteiger partial charge on any atom is -0.494 e. The number of benzene rings is 1. The summed E-state index contributed by atoms with van der Waals surface area (Å²) >= 11 is 2.00. The van der Waals surface area contributed by atoms with Gasteiger partial charge in [-0.2, -0.15) is 0 Å². The molecule has 0 fully saturated rings. The second-order valence-electron chi connectivity index (χ2n) is 3.42. The maximum atomic E-state index is 13.5. The first kappa shape index (κ1) is 12.2. The van der Waals surface area contributed by atoms with Gasteiger partial charge in [0.05, 0.1) is 5.69 Å². The Kier molecular flexibility index (Phi) is 3.23. The van der Waals surface area contributed by atoms with Crippen molar-refractivity contribution in [2.75, 3.05) is 0 Å². The first-order valence-corrected chi connectivity index (χ1v) is 6.21. The topological polar surface area (TPSA) is 45.4 Å². The number of alkyl halides is 1. The predicted molar refractivity (Wildman–Crippen MR) is 66.7 cm³/mol. The lowest BCUT2D eigenvalue weighted by molar-refractivity contribution is 0.397. The van der Waals surface area contributed by atoms with Crippen molar-refractivity contribution in [3.63, 3.8) is 0 Å². The van der Waals surface area contributed by atoms with Crippen LogP contribution in [0.3, 0.4) is 0 Å². The van der Waals surface area contributed by atoms with E-state index in [1.807, 2.05) is 22.6 Å². The normalized spacial score (nSPS) is 10.8. The molecule has 0 spiro atoms. The summed E-state index contributed by atoms with van der Waals surface area (Å²) in [5, 5.41) is 19.4. The number of nitrogens with zero attached hydrogens (tertiary/aromatic N) is 1. The van der Waals surface area contributed by atoms with E-state index in [1.165, 1.54) is 6.07 Å². The van der Waals surface area contributed by atoms with Gasteiger partial charge in [0, 0.05) is 22.1 Å². The lowest BCUT2D eigenvalue weighted by Crippen LogP contribution is -1.97. The molecule has 0 aliphatic heterocycles. The third-order valence-corrected chi connectivity index (χ3v) is 3.15. The molecule has 90 valence electrons. The van der Waals surface area contributed by atoms with Crippen molar-refractivity contribution in [2.45, 2.75) is 4.43 Å². The monoisotopic (exact) mass is 351 g/mol. The molecule has 0 radical (unpaired) electrons. The van der Waals surface area contributed by atoms with Crippen LogP contribution < -0.4 is 0 Å². The third kappa shape index (κ3) is 2.08. The molecule has 0 bridgehead atoms. The van der Waals surface area contributed by atoms with Crippen LogP contribution in [0, 0.1) is 11.6 Å². The molecule has 1 aromatic heterocycles. The highest BCUT2D eigenvalue weighted by molar-refractivity contribution is 14.1. The molecule has 1 aromatic carbocycles. The molecule has 0 unspecified atom stereocenters. The molecular weight excluding hydrogens is 343 g/mol. The highest BCUT2D eigenvalue weighted by Gasteiger charge is 2.17. The number of aromatic hydroxyl groups is 2. The van der Waals surface area contributed by atoms with Crippen LogP contribution in [0.4, 0.5) is 8.78 Å². The van der Waals surface area contributed by atoms with Gasteiger partial charge in [-0.3, -0.25) is 0 Å². The minimum absolute atomic E-state index is 0.0995. The Morgan fingerprint density at radius 1 is 1.18 bits per heavy atom. The molecule has 1 heterocycles. The fourth-order valence-corrected chi connectivity index (χ4v) is 2.10. The Morgan fingerprint density at radius 3 is 2.41 bits per heavy atom.